The quantitative estimate of drug-likeness (QED) is 0.723. The summed E-state index contributed by atoms with van der Waals surface area (Å²) in [5, 5.41) is 0. The molecule has 1 aliphatic carbocycles. The van der Waals surface area contributed by atoms with E-state index < -0.39 is 10.1 Å². The zero-order chi connectivity index (χ0) is 16.3. The van der Waals surface area contributed by atoms with Crippen molar-refractivity contribution in [1.82, 2.24) is 4.90 Å². The predicted octanol–water partition coefficient (Wildman–Crippen LogP) is 2.56. The van der Waals surface area contributed by atoms with E-state index in [0.29, 0.717) is 6.54 Å². The molecule has 0 N–H and O–H groups in total. The molecule has 6 heteroatoms. The third-order valence-corrected chi connectivity index (χ3v) is 4.35. The van der Waals surface area contributed by atoms with Gasteiger partial charge >= 0.3 is 10.1 Å². The summed E-state index contributed by atoms with van der Waals surface area (Å²) in [7, 11) is -3.51. The van der Waals surface area contributed by atoms with Gasteiger partial charge in [0.15, 0.2) is 0 Å². The Morgan fingerprint density at radius 2 is 1.91 bits per heavy atom. The van der Waals surface area contributed by atoms with Crippen LogP contribution in [0, 0.1) is 5.92 Å². The van der Waals surface area contributed by atoms with E-state index in [2.05, 4.69) is 13.8 Å². The van der Waals surface area contributed by atoms with E-state index in [0.717, 1.165) is 31.1 Å². The lowest BCUT2D eigenvalue weighted by Gasteiger charge is -2.29. The first-order valence-corrected chi connectivity index (χ1v) is 9.40. The summed E-state index contributed by atoms with van der Waals surface area (Å²) < 4.78 is 27.0. The number of rotatable bonds is 7. The van der Waals surface area contributed by atoms with Gasteiger partial charge in [0.2, 0.25) is 5.91 Å². The highest BCUT2D eigenvalue weighted by molar-refractivity contribution is 7.86. The minimum atomic E-state index is -3.51. The van der Waals surface area contributed by atoms with Crippen LogP contribution in [0.25, 0.3) is 0 Å². The van der Waals surface area contributed by atoms with E-state index in [1.807, 2.05) is 4.90 Å². The molecule has 1 fully saturated rings. The molecule has 1 aliphatic rings. The van der Waals surface area contributed by atoms with Crippen LogP contribution in [0.15, 0.2) is 24.3 Å². The average Bonchev–Trinajstić information content (AvgIpc) is 3.28. The fourth-order valence-corrected chi connectivity index (χ4v) is 2.72. The molecule has 0 radical (unpaired) electrons. The first-order chi connectivity index (χ1) is 10.3. The van der Waals surface area contributed by atoms with E-state index in [1.165, 1.54) is 0 Å². The number of carbonyl (C=O) groups is 1. The molecule has 0 spiro atoms. The second-order valence-corrected chi connectivity index (χ2v) is 7.50. The van der Waals surface area contributed by atoms with Gasteiger partial charge in [-0.2, -0.15) is 8.42 Å². The normalized spacial score (nSPS) is 16.1. The van der Waals surface area contributed by atoms with Crippen LogP contribution < -0.4 is 4.18 Å². The van der Waals surface area contributed by atoms with Gasteiger partial charge in [0.1, 0.15) is 5.75 Å². The number of carbonyl (C=O) groups excluding carboxylic acids is 1. The predicted molar refractivity (Wildman–Crippen MR) is 84.9 cm³/mol. The molecular weight excluding hydrogens is 302 g/mol. The van der Waals surface area contributed by atoms with Gasteiger partial charge < -0.3 is 9.08 Å². The van der Waals surface area contributed by atoms with Crippen LogP contribution in [0.4, 0.5) is 0 Å². The van der Waals surface area contributed by atoms with Gasteiger partial charge in [0.25, 0.3) is 0 Å². The third kappa shape index (κ3) is 4.73. The number of benzene rings is 1. The smallest absolute Gasteiger partial charge is 0.306 e. The van der Waals surface area contributed by atoms with Gasteiger partial charge in [-0.25, -0.2) is 0 Å². The first kappa shape index (κ1) is 16.8. The van der Waals surface area contributed by atoms with Crippen molar-refractivity contribution < 1.29 is 17.4 Å². The molecule has 0 saturated heterocycles. The van der Waals surface area contributed by atoms with Gasteiger partial charge in [0, 0.05) is 18.5 Å². The van der Waals surface area contributed by atoms with E-state index in [4.69, 9.17) is 4.18 Å². The summed E-state index contributed by atoms with van der Waals surface area (Å²) in [4.78, 5) is 14.3. The topological polar surface area (TPSA) is 63.7 Å². The van der Waals surface area contributed by atoms with Crippen molar-refractivity contribution in [3.8, 4) is 5.75 Å². The van der Waals surface area contributed by atoms with Gasteiger partial charge in [-0.15, -0.1) is 0 Å². The lowest BCUT2D eigenvalue weighted by atomic mass is 10.1. The summed E-state index contributed by atoms with van der Waals surface area (Å²) >= 11 is 0. The van der Waals surface area contributed by atoms with E-state index in [1.54, 1.807) is 24.3 Å². The molecule has 0 aliphatic heterocycles. The van der Waals surface area contributed by atoms with E-state index in [-0.39, 0.29) is 23.6 Å². The maximum Gasteiger partial charge on any atom is 0.306 e. The molecule has 1 aromatic rings. The Morgan fingerprint density at radius 1 is 1.32 bits per heavy atom. The maximum atomic E-state index is 12.4. The highest BCUT2D eigenvalue weighted by Gasteiger charge is 2.34. The van der Waals surface area contributed by atoms with Crippen molar-refractivity contribution in [2.75, 3.05) is 6.26 Å². The number of hydrogen-bond acceptors (Lipinski definition) is 4. The minimum Gasteiger partial charge on any atom is -0.383 e. The van der Waals surface area contributed by atoms with Gasteiger partial charge in [-0.1, -0.05) is 19.1 Å². The second kappa shape index (κ2) is 6.69. The van der Waals surface area contributed by atoms with Gasteiger partial charge in [-0.05, 0) is 43.9 Å². The van der Waals surface area contributed by atoms with Crippen molar-refractivity contribution >= 4 is 16.0 Å². The van der Waals surface area contributed by atoms with Gasteiger partial charge in [0.05, 0.1) is 6.26 Å². The van der Waals surface area contributed by atoms with Crippen LogP contribution in [0.3, 0.4) is 0 Å². The lowest BCUT2D eigenvalue weighted by molar-refractivity contribution is -0.135. The maximum absolute atomic E-state index is 12.4. The van der Waals surface area contributed by atoms with Crippen molar-refractivity contribution in [1.29, 1.82) is 0 Å². The van der Waals surface area contributed by atoms with Gasteiger partial charge in [-0.3, -0.25) is 4.79 Å². The Balaban J connectivity index is 2.07. The summed E-state index contributed by atoms with van der Waals surface area (Å²) in [6.07, 6.45) is 3.91. The summed E-state index contributed by atoms with van der Waals surface area (Å²) in [5.41, 5.74) is 0.968. The fourth-order valence-electron chi connectivity index (χ4n) is 2.26. The Labute approximate surface area is 132 Å². The van der Waals surface area contributed by atoms with Crippen molar-refractivity contribution in [3.63, 3.8) is 0 Å². The molecule has 0 aromatic heterocycles. The number of amides is 1. The molecule has 2 rings (SSSR count). The standard InChI is InChI=1S/C16H23NO4S/c1-4-12(2)17(16(18)14-7-8-14)11-13-5-9-15(10-6-13)21-22(3,19)20/h5-6,9-10,12,14H,4,7-8,11H2,1-3H3/t12-/m0/s1. The second-order valence-electron chi connectivity index (χ2n) is 5.93. The molecule has 0 unspecified atom stereocenters. The molecule has 22 heavy (non-hydrogen) atoms. The molecule has 5 nitrogen and oxygen atoms in total. The molecule has 1 aromatic carbocycles. The fraction of sp³-hybridized carbons (Fsp3) is 0.562. The number of hydrogen-bond donors (Lipinski definition) is 0. The monoisotopic (exact) mass is 325 g/mol. The Kier molecular flexibility index (Phi) is 5.11. The van der Waals surface area contributed by atoms with Crippen LogP contribution >= 0.6 is 0 Å². The van der Waals surface area contributed by atoms with Crippen molar-refractivity contribution in [2.24, 2.45) is 5.92 Å². The minimum absolute atomic E-state index is 0.194. The van der Waals surface area contributed by atoms with Crippen LogP contribution in [0.1, 0.15) is 38.7 Å². The van der Waals surface area contributed by atoms with E-state index in [9.17, 15) is 13.2 Å². The molecule has 1 atom stereocenters. The highest BCUT2D eigenvalue weighted by atomic mass is 32.2. The number of nitrogens with zero attached hydrogens (tertiary/aromatic N) is 1. The summed E-state index contributed by atoms with van der Waals surface area (Å²) in [5.74, 6) is 0.711. The Morgan fingerprint density at radius 3 is 2.36 bits per heavy atom. The Hall–Kier alpha value is -1.56. The molecular formula is C16H23NO4S. The Bertz CT molecular complexity index is 620. The average molecular weight is 325 g/mol. The van der Waals surface area contributed by atoms with E-state index >= 15 is 0 Å². The summed E-state index contributed by atoms with van der Waals surface area (Å²) in [6.45, 7) is 4.67. The zero-order valence-corrected chi connectivity index (χ0v) is 14.1. The largest absolute Gasteiger partial charge is 0.383 e. The molecule has 1 amide bonds. The molecule has 0 bridgehead atoms. The SMILES string of the molecule is CC[C@H](C)N(Cc1ccc(OS(C)(=O)=O)cc1)C(=O)C1CC1. The van der Waals surface area contributed by atoms with Crippen LogP contribution in [0.5, 0.6) is 5.75 Å². The lowest BCUT2D eigenvalue weighted by Crippen LogP contribution is -2.38. The third-order valence-electron chi connectivity index (χ3n) is 3.86. The molecule has 122 valence electrons. The zero-order valence-electron chi connectivity index (χ0n) is 13.3. The van der Waals surface area contributed by atoms with Crippen molar-refractivity contribution in [3.05, 3.63) is 29.8 Å². The first-order valence-electron chi connectivity index (χ1n) is 7.59. The van der Waals surface area contributed by atoms with Crippen LogP contribution in [-0.2, 0) is 21.5 Å². The summed E-state index contributed by atoms with van der Waals surface area (Å²) in [6, 6.07) is 7.03. The molecule has 1 saturated carbocycles. The molecule has 0 heterocycles. The van der Waals surface area contributed by atoms with Crippen LogP contribution in [-0.4, -0.2) is 31.5 Å². The van der Waals surface area contributed by atoms with Crippen molar-refractivity contribution in [2.45, 2.75) is 45.7 Å². The highest BCUT2D eigenvalue weighted by Crippen LogP contribution is 2.32. The van der Waals surface area contributed by atoms with Crippen LogP contribution in [0.2, 0.25) is 0 Å².